The Hall–Kier alpha value is -0.360. The predicted octanol–water partition coefficient (Wildman–Crippen LogP) is 0.619. The van der Waals surface area contributed by atoms with Crippen LogP contribution in [0.15, 0.2) is 0 Å². The molecular weight excluding hydrogens is 266 g/mol. The summed E-state index contributed by atoms with van der Waals surface area (Å²) in [4.78, 5) is 14.2. The molecule has 19 heavy (non-hydrogen) atoms. The summed E-state index contributed by atoms with van der Waals surface area (Å²) in [6.07, 6.45) is 0.924. The summed E-state index contributed by atoms with van der Waals surface area (Å²) in [5, 5.41) is 2.95. The molecule has 1 fully saturated rings. The van der Waals surface area contributed by atoms with Crippen molar-refractivity contribution in [1.82, 2.24) is 10.2 Å². The van der Waals surface area contributed by atoms with Crippen LogP contribution in [-0.4, -0.2) is 55.7 Å². The van der Waals surface area contributed by atoms with E-state index in [4.69, 9.17) is 10.5 Å². The van der Waals surface area contributed by atoms with Crippen molar-refractivity contribution >= 4 is 18.3 Å². The number of hydrogen-bond donors (Lipinski definition) is 2. The van der Waals surface area contributed by atoms with E-state index in [1.54, 1.807) is 0 Å². The van der Waals surface area contributed by atoms with E-state index in [-0.39, 0.29) is 24.2 Å². The van der Waals surface area contributed by atoms with Crippen LogP contribution in [0, 0.1) is 5.92 Å². The van der Waals surface area contributed by atoms with Crippen LogP contribution in [0.25, 0.3) is 0 Å². The minimum absolute atomic E-state index is 0. The number of nitrogens with one attached hydrogen (secondary N) is 1. The van der Waals surface area contributed by atoms with E-state index in [1.165, 1.54) is 0 Å². The summed E-state index contributed by atoms with van der Waals surface area (Å²) in [5.74, 6) is 0.188. The van der Waals surface area contributed by atoms with Crippen molar-refractivity contribution in [2.24, 2.45) is 11.7 Å². The van der Waals surface area contributed by atoms with Gasteiger partial charge in [0.25, 0.3) is 0 Å². The Kier molecular flexibility index (Phi) is 9.35. The van der Waals surface area contributed by atoms with Gasteiger partial charge in [0.05, 0.1) is 19.3 Å². The van der Waals surface area contributed by atoms with Crippen LogP contribution in [-0.2, 0) is 9.53 Å². The zero-order chi connectivity index (χ0) is 13.5. The van der Waals surface area contributed by atoms with Gasteiger partial charge in [0.15, 0.2) is 0 Å². The first kappa shape index (κ1) is 18.6. The number of morpholine rings is 1. The second-order valence-corrected chi connectivity index (χ2v) is 5.15. The van der Waals surface area contributed by atoms with Crippen LogP contribution >= 0.6 is 12.4 Å². The van der Waals surface area contributed by atoms with Gasteiger partial charge in [-0.25, -0.2) is 0 Å². The van der Waals surface area contributed by atoms with Crippen LogP contribution in [0.3, 0.4) is 0 Å². The van der Waals surface area contributed by atoms with Gasteiger partial charge in [0.1, 0.15) is 0 Å². The number of ether oxygens (including phenoxy) is 1. The minimum atomic E-state index is -0.396. The van der Waals surface area contributed by atoms with Crippen molar-refractivity contribution in [3.63, 3.8) is 0 Å². The van der Waals surface area contributed by atoms with Gasteiger partial charge in [-0.1, -0.05) is 20.3 Å². The summed E-state index contributed by atoms with van der Waals surface area (Å²) in [6.45, 7) is 10.3. The first-order chi connectivity index (χ1) is 8.56. The number of carbonyl (C=O) groups is 1. The molecule has 0 spiro atoms. The Labute approximate surface area is 122 Å². The molecule has 0 aromatic rings. The molecule has 1 aliphatic heterocycles. The molecule has 3 atom stereocenters. The lowest BCUT2D eigenvalue weighted by Gasteiger charge is -2.32. The molecule has 3 N–H and O–H groups in total. The van der Waals surface area contributed by atoms with Gasteiger partial charge in [-0.3, -0.25) is 9.69 Å². The monoisotopic (exact) mass is 293 g/mol. The maximum absolute atomic E-state index is 11.9. The van der Waals surface area contributed by atoms with E-state index in [1.807, 2.05) is 13.8 Å². The molecule has 3 unspecified atom stereocenters. The molecule has 1 heterocycles. The first-order valence-corrected chi connectivity index (χ1v) is 6.91. The smallest absolute Gasteiger partial charge is 0.237 e. The van der Waals surface area contributed by atoms with Gasteiger partial charge in [0.2, 0.25) is 5.91 Å². The SMILES string of the molecule is CCC(C)C(N)C(=O)NCC(C)N1CCOCC1.Cl. The summed E-state index contributed by atoms with van der Waals surface area (Å²) >= 11 is 0. The molecule has 0 radical (unpaired) electrons. The molecular formula is C13H28ClN3O2. The quantitative estimate of drug-likeness (QED) is 0.753. The van der Waals surface area contributed by atoms with E-state index < -0.39 is 6.04 Å². The Morgan fingerprint density at radius 3 is 2.47 bits per heavy atom. The van der Waals surface area contributed by atoms with E-state index in [9.17, 15) is 4.79 Å². The Morgan fingerprint density at radius 1 is 1.37 bits per heavy atom. The van der Waals surface area contributed by atoms with E-state index >= 15 is 0 Å². The highest BCUT2D eigenvalue weighted by atomic mass is 35.5. The normalized spacial score (nSPS) is 21.1. The molecule has 1 saturated heterocycles. The van der Waals surface area contributed by atoms with Crippen LogP contribution in [0.4, 0.5) is 0 Å². The number of halogens is 1. The van der Waals surface area contributed by atoms with Gasteiger partial charge in [-0.15, -0.1) is 12.4 Å². The highest BCUT2D eigenvalue weighted by Gasteiger charge is 2.21. The number of rotatable bonds is 6. The van der Waals surface area contributed by atoms with Crippen LogP contribution in [0.1, 0.15) is 27.2 Å². The van der Waals surface area contributed by atoms with Crippen molar-refractivity contribution in [1.29, 1.82) is 0 Å². The van der Waals surface area contributed by atoms with Crippen LogP contribution < -0.4 is 11.1 Å². The lowest BCUT2D eigenvalue weighted by Crippen LogP contribution is -2.51. The largest absolute Gasteiger partial charge is 0.379 e. The number of carbonyl (C=O) groups excluding carboxylic acids is 1. The zero-order valence-corrected chi connectivity index (χ0v) is 13.0. The second kappa shape index (κ2) is 9.53. The average Bonchev–Trinajstić information content (AvgIpc) is 2.43. The highest BCUT2D eigenvalue weighted by molar-refractivity contribution is 5.85. The van der Waals surface area contributed by atoms with Gasteiger partial charge in [-0.2, -0.15) is 0 Å². The standard InChI is InChI=1S/C13H27N3O2.ClH/c1-4-10(2)12(14)13(17)15-9-11(3)16-5-7-18-8-6-16;/h10-12H,4-9,14H2,1-3H3,(H,15,17);1H. The van der Waals surface area contributed by atoms with Gasteiger partial charge < -0.3 is 15.8 Å². The van der Waals surface area contributed by atoms with E-state index in [2.05, 4.69) is 17.1 Å². The molecule has 0 aromatic heterocycles. The molecule has 5 nitrogen and oxygen atoms in total. The van der Waals surface area contributed by atoms with Crippen molar-refractivity contribution in [2.45, 2.75) is 39.3 Å². The zero-order valence-electron chi connectivity index (χ0n) is 12.2. The summed E-state index contributed by atoms with van der Waals surface area (Å²) in [7, 11) is 0. The number of nitrogens with two attached hydrogens (primary N) is 1. The van der Waals surface area contributed by atoms with Crippen LogP contribution in [0.5, 0.6) is 0 Å². The molecule has 114 valence electrons. The molecule has 0 bridgehead atoms. The molecule has 1 aliphatic rings. The average molecular weight is 294 g/mol. The van der Waals surface area contributed by atoms with Crippen molar-refractivity contribution in [2.75, 3.05) is 32.8 Å². The van der Waals surface area contributed by atoms with Gasteiger partial charge >= 0.3 is 0 Å². The summed E-state index contributed by atoms with van der Waals surface area (Å²) in [6, 6.07) is -0.0612. The predicted molar refractivity (Wildman–Crippen MR) is 79.5 cm³/mol. The van der Waals surface area contributed by atoms with Crippen molar-refractivity contribution in [3.05, 3.63) is 0 Å². The number of amides is 1. The maximum atomic E-state index is 11.9. The fraction of sp³-hybridized carbons (Fsp3) is 0.923. The van der Waals surface area contributed by atoms with Gasteiger partial charge in [-0.05, 0) is 12.8 Å². The van der Waals surface area contributed by atoms with Crippen molar-refractivity contribution in [3.8, 4) is 0 Å². The topological polar surface area (TPSA) is 67.6 Å². The maximum Gasteiger partial charge on any atom is 0.237 e. The Balaban J connectivity index is 0.00000324. The third kappa shape index (κ3) is 6.08. The van der Waals surface area contributed by atoms with E-state index in [0.29, 0.717) is 12.6 Å². The first-order valence-electron chi connectivity index (χ1n) is 6.91. The summed E-state index contributed by atoms with van der Waals surface area (Å²) < 4.78 is 5.31. The highest BCUT2D eigenvalue weighted by Crippen LogP contribution is 2.06. The van der Waals surface area contributed by atoms with Crippen molar-refractivity contribution < 1.29 is 9.53 Å². The number of nitrogens with zero attached hydrogens (tertiary/aromatic N) is 1. The lowest BCUT2D eigenvalue weighted by molar-refractivity contribution is -0.123. The molecule has 1 amide bonds. The molecule has 0 saturated carbocycles. The fourth-order valence-corrected chi connectivity index (χ4v) is 2.03. The number of hydrogen-bond acceptors (Lipinski definition) is 4. The third-order valence-corrected chi connectivity index (χ3v) is 3.80. The molecule has 0 aliphatic carbocycles. The van der Waals surface area contributed by atoms with Gasteiger partial charge in [0, 0.05) is 25.7 Å². The Morgan fingerprint density at radius 2 is 1.95 bits per heavy atom. The third-order valence-electron chi connectivity index (χ3n) is 3.80. The molecule has 0 aromatic carbocycles. The second-order valence-electron chi connectivity index (χ2n) is 5.15. The lowest BCUT2D eigenvalue weighted by atomic mass is 9.99. The van der Waals surface area contributed by atoms with E-state index in [0.717, 1.165) is 32.7 Å². The fourth-order valence-electron chi connectivity index (χ4n) is 2.03. The minimum Gasteiger partial charge on any atom is -0.379 e. The molecule has 6 heteroatoms. The van der Waals surface area contributed by atoms with Crippen LogP contribution in [0.2, 0.25) is 0 Å². The summed E-state index contributed by atoms with van der Waals surface area (Å²) in [5.41, 5.74) is 5.89. The Bertz CT molecular complexity index is 260. The molecule has 1 rings (SSSR count).